The molecular formula is C10H16S. The topological polar surface area (TPSA) is 0 Å². The summed E-state index contributed by atoms with van der Waals surface area (Å²) in [4.78, 5) is 1.14. The maximum atomic E-state index is 4.38. The summed E-state index contributed by atoms with van der Waals surface area (Å²) in [5, 5.41) is 0. The van der Waals surface area contributed by atoms with Crippen molar-refractivity contribution in [3.05, 3.63) is 11.5 Å². The fraction of sp³-hybridized carbons (Fsp3) is 0.800. The molecule has 0 amide bonds. The van der Waals surface area contributed by atoms with E-state index in [1.165, 1.54) is 32.1 Å². The Balaban J connectivity index is 2.08. The zero-order valence-corrected chi connectivity index (χ0v) is 7.82. The van der Waals surface area contributed by atoms with Crippen LogP contribution in [0.4, 0.5) is 0 Å². The highest BCUT2D eigenvalue weighted by atomic mass is 32.1. The molecule has 2 bridgehead atoms. The lowest BCUT2D eigenvalue weighted by Gasteiger charge is -2.42. The number of hydrogen-bond acceptors (Lipinski definition) is 1. The van der Waals surface area contributed by atoms with E-state index in [-0.39, 0.29) is 0 Å². The van der Waals surface area contributed by atoms with Gasteiger partial charge in [0.15, 0.2) is 0 Å². The van der Waals surface area contributed by atoms with Gasteiger partial charge in [0.2, 0.25) is 0 Å². The van der Waals surface area contributed by atoms with Gasteiger partial charge in [-0.1, -0.05) is 19.4 Å². The predicted octanol–water partition coefficient (Wildman–Crippen LogP) is 3.26. The molecule has 0 nitrogen and oxygen atoms in total. The van der Waals surface area contributed by atoms with Crippen molar-refractivity contribution in [2.75, 3.05) is 0 Å². The van der Waals surface area contributed by atoms with Gasteiger partial charge in [0.05, 0.1) is 0 Å². The summed E-state index contributed by atoms with van der Waals surface area (Å²) in [6.45, 7) is 3.96. The summed E-state index contributed by atoms with van der Waals surface area (Å²) in [5.74, 6) is 2.70. The normalized spacial score (nSPS) is 42.5. The van der Waals surface area contributed by atoms with Crippen LogP contribution in [0.3, 0.4) is 0 Å². The minimum absolute atomic E-state index is 0.755. The van der Waals surface area contributed by atoms with Crippen molar-refractivity contribution in [1.82, 2.24) is 0 Å². The zero-order valence-electron chi connectivity index (χ0n) is 6.92. The second-order valence-electron chi connectivity index (χ2n) is 4.11. The van der Waals surface area contributed by atoms with Crippen molar-refractivity contribution in [3.8, 4) is 0 Å². The van der Waals surface area contributed by atoms with E-state index >= 15 is 0 Å². The van der Waals surface area contributed by atoms with Crippen molar-refractivity contribution < 1.29 is 0 Å². The van der Waals surface area contributed by atoms with Crippen LogP contribution in [0, 0.1) is 17.8 Å². The molecule has 11 heavy (non-hydrogen) atoms. The minimum Gasteiger partial charge on any atom is -0.148 e. The molecule has 1 atom stereocenters. The van der Waals surface area contributed by atoms with Crippen LogP contribution >= 0.6 is 12.6 Å². The third-order valence-corrected chi connectivity index (χ3v) is 3.81. The molecule has 0 spiro atoms. The molecule has 1 heteroatoms. The molecule has 0 aromatic rings. The molecule has 0 aromatic carbocycles. The molecule has 62 valence electrons. The SMILES string of the molecule is C=C(S)C1CC2CCC1CC2. The third kappa shape index (κ3) is 1.35. The van der Waals surface area contributed by atoms with Crippen molar-refractivity contribution in [1.29, 1.82) is 0 Å². The zero-order chi connectivity index (χ0) is 7.84. The summed E-state index contributed by atoms with van der Waals surface area (Å²) in [7, 11) is 0. The van der Waals surface area contributed by atoms with Gasteiger partial charge in [0, 0.05) is 0 Å². The number of hydrogen-bond donors (Lipinski definition) is 1. The van der Waals surface area contributed by atoms with Gasteiger partial charge in [-0.15, -0.1) is 12.6 Å². The van der Waals surface area contributed by atoms with E-state index in [0.29, 0.717) is 0 Å². The van der Waals surface area contributed by atoms with Crippen LogP contribution in [-0.2, 0) is 0 Å². The summed E-state index contributed by atoms with van der Waals surface area (Å²) in [6, 6.07) is 0. The molecule has 1 unspecified atom stereocenters. The molecule has 0 radical (unpaired) electrons. The Morgan fingerprint density at radius 3 is 2.09 bits per heavy atom. The lowest BCUT2D eigenvalue weighted by molar-refractivity contribution is 0.126. The highest BCUT2D eigenvalue weighted by Crippen LogP contribution is 2.47. The lowest BCUT2D eigenvalue weighted by atomic mass is 9.65. The van der Waals surface area contributed by atoms with Crippen LogP contribution in [0.2, 0.25) is 0 Å². The van der Waals surface area contributed by atoms with Gasteiger partial charge >= 0.3 is 0 Å². The van der Waals surface area contributed by atoms with E-state index in [9.17, 15) is 0 Å². The second-order valence-corrected chi connectivity index (χ2v) is 4.69. The van der Waals surface area contributed by atoms with Gasteiger partial charge in [-0.2, -0.15) is 0 Å². The maximum Gasteiger partial charge on any atom is -0.00794 e. The van der Waals surface area contributed by atoms with Crippen molar-refractivity contribution in [2.24, 2.45) is 17.8 Å². The van der Waals surface area contributed by atoms with E-state index in [4.69, 9.17) is 0 Å². The van der Waals surface area contributed by atoms with Crippen molar-refractivity contribution in [3.63, 3.8) is 0 Å². The highest BCUT2D eigenvalue weighted by molar-refractivity contribution is 7.84. The summed E-state index contributed by atoms with van der Waals surface area (Å²) >= 11 is 4.38. The third-order valence-electron chi connectivity index (χ3n) is 3.48. The fourth-order valence-electron chi connectivity index (χ4n) is 2.79. The number of thiol groups is 1. The van der Waals surface area contributed by atoms with Crippen LogP contribution in [-0.4, -0.2) is 0 Å². The van der Waals surface area contributed by atoms with E-state index in [2.05, 4.69) is 19.2 Å². The maximum absolute atomic E-state index is 4.38. The molecule has 0 aliphatic heterocycles. The van der Waals surface area contributed by atoms with Crippen LogP contribution in [0.25, 0.3) is 0 Å². The molecular weight excluding hydrogens is 152 g/mol. The standard InChI is InChI=1S/C10H16S/c1-7(11)10-6-8-2-4-9(10)5-3-8/h8-11H,1-6H2. The molecule has 0 heterocycles. The van der Waals surface area contributed by atoms with Crippen LogP contribution < -0.4 is 0 Å². The lowest BCUT2D eigenvalue weighted by Crippen LogP contribution is -2.31. The van der Waals surface area contributed by atoms with E-state index in [1.54, 1.807) is 0 Å². The largest absolute Gasteiger partial charge is 0.148 e. The van der Waals surface area contributed by atoms with Crippen LogP contribution in [0.1, 0.15) is 32.1 Å². The van der Waals surface area contributed by atoms with E-state index in [1.807, 2.05) is 0 Å². The van der Waals surface area contributed by atoms with Gasteiger partial charge in [-0.25, -0.2) is 0 Å². The first-order valence-corrected chi connectivity index (χ1v) is 5.10. The second kappa shape index (κ2) is 2.85. The predicted molar refractivity (Wildman–Crippen MR) is 51.7 cm³/mol. The van der Waals surface area contributed by atoms with Gasteiger partial charge in [-0.3, -0.25) is 0 Å². The average Bonchev–Trinajstić information content (AvgIpc) is 2.06. The Morgan fingerprint density at radius 1 is 1.18 bits per heavy atom. The van der Waals surface area contributed by atoms with Gasteiger partial charge in [-0.05, 0) is 41.9 Å². The monoisotopic (exact) mass is 168 g/mol. The van der Waals surface area contributed by atoms with Crippen LogP contribution in [0.15, 0.2) is 11.5 Å². The number of rotatable bonds is 1. The Bertz CT molecular complexity index is 166. The van der Waals surface area contributed by atoms with Gasteiger partial charge < -0.3 is 0 Å². The average molecular weight is 168 g/mol. The first kappa shape index (κ1) is 7.72. The summed E-state index contributed by atoms with van der Waals surface area (Å²) < 4.78 is 0. The van der Waals surface area contributed by atoms with Crippen molar-refractivity contribution >= 4 is 12.6 Å². The van der Waals surface area contributed by atoms with E-state index in [0.717, 1.165) is 22.7 Å². The Labute approximate surface area is 74.5 Å². The fourth-order valence-corrected chi connectivity index (χ4v) is 3.10. The molecule has 3 saturated carbocycles. The Morgan fingerprint density at radius 2 is 1.82 bits per heavy atom. The first-order valence-electron chi connectivity index (χ1n) is 4.65. The summed E-state index contributed by atoms with van der Waals surface area (Å²) in [6.07, 6.45) is 7.21. The molecule has 0 N–H and O–H groups in total. The molecule has 3 aliphatic rings. The number of fused-ring (bicyclic) bond motifs is 3. The number of allylic oxidation sites excluding steroid dienone is 1. The molecule has 0 aromatic heterocycles. The van der Waals surface area contributed by atoms with Crippen LogP contribution in [0.5, 0.6) is 0 Å². The summed E-state index contributed by atoms with van der Waals surface area (Å²) in [5.41, 5.74) is 0. The molecule has 0 saturated heterocycles. The highest BCUT2D eigenvalue weighted by Gasteiger charge is 2.35. The van der Waals surface area contributed by atoms with E-state index < -0.39 is 0 Å². The Kier molecular flexibility index (Phi) is 2.00. The van der Waals surface area contributed by atoms with Crippen molar-refractivity contribution in [2.45, 2.75) is 32.1 Å². The quantitative estimate of drug-likeness (QED) is 0.571. The molecule has 3 aliphatic carbocycles. The Hall–Kier alpha value is 0.0900. The van der Waals surface area contributed by atoms with Gasteiger partial charge in [0.1, 0.15) is 0 Å². The molecule has 3 rings (SSSR count). The smallest absolute Gasteiger partial charge is 0.00794 e. The minimum atomic E-state index is 0.755. The molecule has 3 fully saturated rings. The first-order chi connectivity index (χ1) is 5.27. The van der Waals surface area contributed by atoms with Gasteiger partial charge in [0.25, 0.3) is 0 Å².